The lowest BCUT2D eigenvalue weighted by Gasteiger charge is -2.39. The average molecular weight is 578 g/mol. The quantitative estimate of drug-likeness (QED) is 0.449. The van der Waals surface area contributed by atoms with Gasteiger partial charge < -0.3 is 14.5 Å². The van der Waals surface area contributed by atoms with Crippen molar-refractivity contribution in [1.82, 2.24) is 19.8 Å². The molecule has 0 saturated carbocycles. The number of amides is 1. The van der Waals surface area contributed by atoms with E-state index in [1.807, 2.05) is 21.9 Å². The lowest BCUT2D eigenvalue weighted by molar-refractivity contribution is -0.133. The zero-order chi connectivity index (χ0) is 27.6. The lowest BCUT2D eigenvalue weighted by Crippen LogP contribution is -2.52. The fourth-order valence-electron chi connectivity index (χ4n) is 5.96. The fraction of sp³-hybridized carbons (Fsp3) is 0.593. The van der Waals surface area contributed by atoms with Crippen LogP contribution >= 0.6 is 11.6 Å². The molecule has 3 aliphatic rings. The van der Waals surface area contributed by atoms with E-state index in [4.69, 9.17) is 16.3 Å². The highest BCUT2D eigenvalue weighted by Crippen LogP contribution is 2.37. The topological polar surface area (TPSA) is 116 Å². The maximum Gasteiger partial charge on any atom is 0.266 e. The number of carbonyl (C=O) groups excluding carboxylic acids is 1. The van der Waals surface area contributed by atoms with Gasteiger partial charge in [0.25, 0.3) is 10.1 Å². The fourth-order valence-corrected chi connectivity index (χ4v) is 6.55. The normalized spacial score (nSPS) is 22.4. The summed E-state index contributed by atoms with van der Waals surface area (Å²) >= 11 is 6.15. The Bertz CT molecular complexity index is 1260. The van der Waals surface area contributed by atoms with Crippen molar-refractivity contribution in [2.45, 2.75) is 44.1 Å². The Morgan fingerprint density at radius 1 is 1.18 bits per heavy atom. The third kappa shape index (κ3) is 6.71. The van der Waals surface area contributed by atoms with Gasteiger partial charge in [-0.25, -0.2) is 9.97 Å². The molecule has 1 aromatic carbocycles. The van der Waals surface area contributed by atoms with Gasteiger partial charge in [-0.15, -0.1) is 0 Å². The van der Waals surface area contributed by atoms with Crippen molar-refractivity contribution in [3.8, 4) is 0 Å². The van der Waals surface area contributed by atoms with E-state index in [1.165, 1.54) is 5.56 Å². The number of aromatic nitrogens is 2. The summed E-state index contributed by atoms with van der Waals surface area (Å²) in [4.78, 5) is 29.3. The van der Waals surface area contributed by atoms with Gasteiger partial charge in [-0.1, -0.05) is 30.7 Å². The van der Waals surface area contributed by atoms with Crippen molar-refractivity contribution in [2.75, 3.05) is 63.1 Å². The zero-order valence-electron chi connectivity index (χ0n) is 22.2. The first-order valence-electron chi connectivity index (χ1n) is 13.6. The summed E-state index contributed by atoms with van der Waals surface area (Å²) < 4.78 is 38.1. The lowest BCUT2D eigenvalue weighted by atomic mass is 9.95. The van der Waals surface area contributed by atoms with Crippen LogP contribution in [-0.4, -0.2) is 103 Å². The van der Waals surface area contributed by atoms with Crippen LogP contribution in [0.5, 0.6) is 0 Å². The Balaban J connectivity index is 1.33. The minimum absolute atomic E-state index is 0.00553. The highest BCUT2D eigenvalue weighted by Gasteiger charge is 2.35. The van der Waals surface area contributed by atoms with Gasteiger partial charge in [-0.3, -0.25) is 14.2 Å². The van der Waals surface area contributed by atoms with E-state index in [0.717, 1.165) is 36.3 Å². The molecular formula is C27H36ClN5O5S. The molecule has 2 aromatic rings. The van der Waals surface area contributed by atoms with E-state index in [2.05, 4.69) is 21.8 Å². The Morgan fingerprint density at radius 2 is 1.92 bits per heavy atom. The van der Waals surface area contributed by atoms with Crippen LogP contribution in [0.25, 0.3) is 0 Å². The van der Waals surface area contributed by atoms with E-state index in [1.54, 1.807) is 18.5 Å². The molecule has 212 valence electrons. The van der Waals surface area contributed by atoms with Gasteiger partial charge in [0.2, 0.25) is 5.91 Å². The molecule has 1 aliphatic carbocycles. The van der Waals surface area contributed by atoms with Crippen LogP contribution in [0.15, 0.2) is 30.6 Å². The second-order valence-electron chi connectivity index (χ2n) is 10.7. The molecule has 1 amide bonds. The number of hydrogen-bond donors (Lipinski definition) is 1. The van der Waals surface area contributed by atoms with E-state index in [-0.39, 0.29) is 18.5 Å². The van der Waals surface area contributed by atoms with Gasteiger partial charge in [0.05, 0.1) is 18.3 Å². The maximum atomic E-state index is 14.0. The smallest absolute Gasteiger partial charge is 0.266 e. The van der Waals surface area contributed by atoms with Crippen LogP contribution in [0.3, 0.4) is 0 Å². The third-order valence-electron chi connectivity index (χ3n) is 8.19. The summed E-state index contributed by atoms with van der Waals surface area (Å²) in [6, 6.07) is 7.24. The monoisotopic (exact) mass is 577 g/mol. The van der Waals surface area contributed by atoms with Crippen LogP contribution in [-0.2, 0) is 26.1 Å². The number of fused-ring (bicyclic) bond motifs is 1. The van der Waals surface area contributed by atoms with Crippen molar-refractivity contribution in [3.63, 3.8) is 0 Å². The number of rotatable bonds is 9. The standard InChI is InChI=1S/C27H36ClN5O5S/c1-19-2-7-24-25(19)26(30-18-29-24)31-9-11-32(12-10-31)27(34)23(20-3-5-21(28)6-4-20)16-33(13-15-39(35,36)37)22-8-14-38-17-22/h3-6,18-19,22-23H,2,7-17H2,1H3,(H,35,36,37). The molecule has 2 fully saturated rings. The molecular weight excluding hydrogens is 542 g/mol. The SMILES string of the molecule is CC1CCc2ncnc(N3CCN(C(=O)C(CN(CCS(=O)(=O)O)C4CCOC4)c4ccc(Cl)cc4)CC3)c21. The van der Waals surface area contributed by atoms with Crippen molar-refractivity contribution in [2.24, 2.45) is 0 Å². The molecule has 2 aliphatic heterocycles. The molecule has 0 bridgehead atoms. The predicted octanol–water partition coefficient (Wildman–Crippen LogP) is 2.59. The van der Waals surface area contributed by atoms with Crippen LogP contribution in [0.2, 0.25) is 5.02 Å². The molecule has 10 nitrogen and oxygen atoms in total. The van der Waals surface area contributed by atoms with Crippen LogP contribution < -0.4 is 4.90 Å². The first-order valence-corrected chi connectivity index (χ1v) is 15.6. The summed E-state index contributed by atoms with van der Waals surface area (Å²) in [7, 11) is -4.15. The number of piperazine rings is 1. The molecule has 39 heavy (non-hydrogen) atoms. The molecule has 3 atom stereocenters. The van der Waals surface area contributed by atoms with Crippen LogP contribution in [0.1, 0.15) is 48.4 Å². The van der Waals surface area contributed by atoms with Gasteiger partial charge in [0.1, 0.15) is 12.1 Å². The largest absolute Gasteiger partial charge is 0.380 e. The van der Waals surface area contributed by atoms with E-state index < -0.39 is 21.8 Å². The van der Waals surface area contributed by atoms with Crippen molar-refractivity contribution in [1.29, 1.82) is 0 Å². The van der Waals surface area contributed by atoms with Gasteiger partial charge in [0, 0.05) is 68.2 Å². The Kier molecular flexibility index (Phi) is 8.72. The van der Waals surface area contributed by atoms with Crippen LogP contribution in [0.4, 0.5) is 5.82 Å². The van der Waals surface area contributed by atoms with E-state index in [9.17, 15) is 17.8 Å². The number of benzene rings is 1. The zero-order valence-corrected chi connectivity index (χ0v) is 23.8. The number of anilines is 1. The first-order chi connectivity index (χ1) is 18.7. The molecule has 3 heterocycles. The van der Waals surface area contributed by atoms with Crippen molar-refractivity contribution in [3.05, 3.63) is 52.4 Å². The van der Waals surface area contributed by atoms with E-state index >= 15 is 0 Å². The molecule has 0 radical (unpaired) electrons. The van der Waals surface area contributed by atoms with Gasteiger partial charge in [0.15, 0.2) is 0 Å². The molecule has 3 unspecified atom stereocenters. The van der Waals surface area contributed by atoms with Crippen LogP contribution in [0, 0.1) is 0 Å². The Labute approximate surface area is 235 Å². The number of carbonyl (C=O) groups is 1. The predicted molar refractivity (Wildman–Crippen MR) is 149 cm³/mol. The number of nitrogens with zero attached hydrogens (tertiary/aromatic N) is 5. The molecule has 0 spiro atoms. The summed E-state index contributed by atoms with van der Waals surface area (Å²) in [5.41, 5.74) is 3.20. The first kappa shape index (κ1) is 28.2. The number of hydrogen-bond acceptors (Lipinski definition) is 8. The molecule has 1 aromatic heterocycles. The van der Waals surface area contributed by atoms with Crippen molar-refractivity contribution >= 4 is 33.4 Å². The van der Waals surface area contributed by atoms with Gasteiger partial charge >= 0.3 is 0 Å². The van der Waals surface area contributed by atoms with E-state index in [0.29, 0.717) is 56.9 Å². The molecule has 2 saturated heterocycles. The minimum atomic E-state index is -4.15. The summed E-state index contributed by atoms with van der Waals surface area (Å²) in [5, 5.41) is 0.581. The maximum absolute atomic E-state index is 14.0. The Hall–Kier alpha value is -2.31. The third-order valence-corrected chi connectivity index (χ3v) is 9.14. The summed E-state index contributed by atoms with van der Waals surface area (Å²) in [5.74, 6) is 0.501. The number of ether oxygens (including phenoxy) is 1. The van der Waals surface area contributed by atoms with Gasteiger partial charge in [-0.05, 0) is 42.9 Å². The minimum Gasteiger partial charge on any atom is -0.380 e. The Morgan fingerprint density at radius 3 is 2.59 bits per heavy atom. The number of aryl methyl sites for hydroxylation is 1. The molecule has 5 rings (SSSR count). The molecule has 12 heteroatoms. The highest BCUT2D eigenvalue weighted by atomic mass is 35.5. The second kappa shape index (κ2) is 12.1. The van der Waals surface area contributed by atoms with Gasteiger partial charge in [-0.2, -0.15) is 8.42 Å². The van der Waals surface area contributed by atoms with Crippen molar-refractivity contribution < 1.29 is 22.5 Å². The summed E-state index contributed by atoms with van der Waals surface area (Å²) in [6.07, 6.45) is 4.46. The highest BCUT2D eigenvalue weighted by molar-refractivity contribution is 7.85. The number of halogens is 1. The second-order valence-corrected chi connectivity index (χ2v) is 12.7. The molecule has 1 N–H and O–H groups in total. The average Bonchev–Trinajstić information content (AvgIpc) is 3.59. The summed E-state index contributed by atoms with van der Waals surface area (Å²) in [6.45, 7) is 6.19.